The van der Waals surface area contributed by atoms with Gasteiger partial charge in [0.25, 0.3) is 0 Å². The van der Waals surface area contributed by atoms with Crippen LogP contribution in [0.2, 0.25) is 0 Å². The molecule has 0 fully saturated rings. The second kappa shape index (κ2) is 4.00. The number of alkyl halides is 3. The Labute approximate surface area is 82.7 Å². The molecule has 6 heteroatoms. The third kappa shape index (κ3) is 2.98. The highest BCUT2D eigenvalue weighted by Crippen LogP contribution is 2.31. The third-order valence-electron chi connectivity index (χ3n) is 1.46. The minimum Gasteiger partial charge on any atom is -0.415 e. The lowest BCUT2D eigenvalue weighted by molar-refractivity contribution is -0.138. The maximum absolute atomic E-state index is 12.2. The first-order valence-corrected chi connectivity index (χ1v) is 3.72. The van der Waals surface area contributed by atoms with Crippen LogP contribution in [0.3, 0.4) is 0 Å². The van der Waals surface area contributed by atoms with Crippen molar-refractivity contribution in [1.29, 1.82) is 5.26 Å². The number of rotatable bonds is 1. The Morgan fingerprint density at radius 1 is 1.40 bits per heavy atom. The monoisotopic (exact) mass is 215 g/mol. The number of ether oxygens (including phenoxy) is 1. The maximum atomic E-state index is 12.2. The van der Waals surface area contributed by atoms with Gasteiger partial charge in [-0.15, -0.1) is 0 Å². The van der Waals surface area contributed by atoms with Gasteiger partial charge >= 0.3 is 12.1 Å². The van der Waals surface area contributed by atoms with Gasteiger partial charge in [-0.1, -0.05) is 6.07 Å². The number of hydrogen-bond acceptors (Lipinski definition) is 3. The molecule has 0 aromatic heterocycles. The number of carbonyl (C=O) groups excluding carboxylic acids is 1. The minimum absolute atomic E-state index is 0.309. The Bertz CT molecular complexity index is 420. The molecule has 1 aromatic rings. The first-order chi connectivity index (χ1) is 6.93. The fourth-order valence-electron chi connectivity index (χ4n) is 0.866. The number of esters is 1. The van der Waals surface area contributed by atoms with Crippen molar-refractivity contribution in [3.05, 3.63) is 29.8 Å². The van der Waals surface area contributed by atoms with Crippen LogP contribution in [0.5, 0.6) is 5.75 Å². The van der Waals surface area contributed by atoms with Gasteiger partial charge in [-0.25, -0.2) is 4.79 Å². The molecular formula is C9H4F3NO2. The normalized spacial score (nSPS) is 10.5. The first kappa shape index (κ1) is 11.0. The Hall–Kier alpha value is -2.03. The average molecular weight is 215 g/mol. The molecule has 0 aliphatic carbocycles. The molecule has 0 aliphatic rings. The lowest BCUT2D eigenvalue weighted by Gasteiger charge is -2.07. The molecule has 0 atom stereocenters. The molecule has 0 radical (unpaired) electrons. The molecule has 0 amide bonds. The summed E-state index contributed by atoms with van der Waals surface area (Å²) >= 11 is 0. The molecule has 0 aliphatic heterocycles. The quantitative estimate of drug-likeness (QED) is 0.409. The van der Waals surface area contributed by atoms with Crippen molar-refractivity contribution in [3.63, 3.8) is 0 Å². The molecule has 0 saturated carbocycles. The second-order valence-corrected chi connectivity index (χ2v) is 2.53. The Kier molecular flexibility index (Phi) is 2.95. The number of hydrogen-bond donors (Lipinski definition) is 0. The molecule has 0 unspecified atom stereocenters. The largest absolute Gasteiger partial charge is 0.416 e. The van der Waals surface area contributed by atoms with Gasteiger partial charge < -0.3 is 4.74 Å². The van der Waals surface area contributed by atoms with E-state index >= 15 is 0 Å². The van der Waals surface area contributed by atoms with Crippen molar-refractivity contribution in [1.82, 2.24) is 0 Å². The zero-order valence-corrected chi connectivity index (χ0v) is 7.21. The highest BCUT2D eigenvalue weighted by Gasteiger charge is 2.30. The van der Waals surface area contributed by atoms with Crippen LogP contribution in [0.25, 0.3) is 0 Å². The molecule has 0 heterocycles. The smallest absolute Gasteiger partial charge is 0.415 e. The summed E-state index contributed by atoms with van der Waals surface area (Å²) in [6.45, 7) is 0. The van der Waals surface area contributed by atoms with Crippen LogP contribution in [0.15, 0.2) is 24.3 Å². The number of nitriles is 1. The summed E-state index contributed by atoms with van der Waals surface area (Å²) < 4.78 is 40.8. The Morgan fingerprint density at radius 2 is 2.07 bits per heavy atom. The van der Waals surface area contributed by atoms with Crippen molar-refractivity contribution >= 4 is 5.97 Å². The lowest BCUT2D eigenvalue weighted by atomic mass is 10.2. The van der Waals surface area contributed by atoms with Crippen LogP contribution in [0, 0.1) is 11.3 Å². The molecule has 0 spiro atoms. The molecular weight excluding hydrogens is 211 g/mol. The van der Waals surface area contributed by atoms with Crippen molar-refractivity contribution in [2.45, 2.75) is 6.18 Å². The van der Waals surface area contributed by atoms with Gasteiger partial charge in [-0.3, -0.25) is 0 Å². The first-order valence-electron chi connectivity index (χ1n) is 3.72. The third-order valence-corrected chi connectivity index (χ3v) is 1.46. The van der Waals surface area contributed by atoms with E-state index in [0.29, 0.717) is 6.07 Å². The molecule has 78 valence electrons. The van der Waals surface area contributed by atoms with E-state index < -0.39 is 17.7 Å². The van der Waals surface area contributed by atoms with Gasteiger partial charge in [0.1, 0.15) is 5.75 Å². The van der Waals surface area contributed by atoms with Crippen LogP contribution in [0.4, 0.5) is 13.2 Å². The standard InChI is InChI=1S/C9H4F3NO2/c10-9(11,12)6-2-1-3-7(4-6)15-8(14)5-13/h1-4H. The fraction of sp³-hybridized carbons (Fsp3) is 0.111. The highest BCUT2D eigenvalue weighted by molar-refractivity contribution is 5.87. The van der Waals surface area contributed by atoms with E-state index in [1.165, 1.54) is 0 Å². The summed E-state index contributed by atoms with van der Waals surface area (Å²) in [6, 6.07) is 4.86. The molecule has 0 saturated heterocycles. The van der Waals surface area contributed by atoms with E-state index in [1.807, 2.05) is 0 Å². The maximum Gasteiger partial charge on any atom is 0.416 e. The fourth-order valence-corrected chi connectivity index (χ4v) is 0.866. The second-order valence-electron chi connectivity index (χ2n) is 2.53. The number of halogens is 3. The Morgan fingerprint density at radius 3 is 2.60 bits per heavy atom. The highest BCUT2D eigenvalue weighted by atomic mass is 19.4. The van der Waals surface area contributed by atoms with Crippen molar-refractivity contribution in [3.8, 4) is 11.8 Å². The summed E-state index contributed by atoms with van der Waals surface area (Å²) in [7, 11) is 0. The zero-order valence-electron chi connectivity index (χ0n) is 7.21. The van der Waals surface area contributed by atoms with Gasteiger partial charge in [0, 0.05) is 0 Å². The number of carbonyl (C=O) groups is 1. The molecule has 0 N–H and O–H groups in total. The lowest BCUT2D eigenvalue weighted by Crippen LogP contribution is -2.07. The zero-order chi connectivity index (χ0) is 11.5. The number of nitrogens with zero attached hydrogens (tertiary/aromatic N) is 1. The van der Waals surface area contributed by atoms with Gasteiger partial charge in [0.2, 0.25) is 0 Å². The van der Waals surface area contributed by atoms with E-state index in [-0.39, 0.29) is 5.75 Å². The summed E-state index contributed by atoms with van der Waals surface area (Å²) in [4.78, 5) is 10.5. The topological polar surface area (TPSA) is 50.1 Å². The Balaban J connectivity index is 2.94. The van der Waals surface area contributed by atoms with Crippen molar-refractivity contribution in [2.24, 2.45) is 0 Å². The van der Waals surface area contributed by atoms with Gasteiger partial charge in [0.15, 0.2) is 6.07 Å². The van der Waals surface area contributed by atoms with Crippen LogP contribution >= 0.6 is 0 Å². The molecule has 1 rings (SSSR count). The van der Waals surface area contributed by atoms with Crippen LogP contribution < -0.4 is 4.74 Å². The SMILES string of the molecule is N#CC(=O)Oc1cccc(C(F)(F)F)c1. The molecule has 15 heavy (non-hydrogen) atoms. The van der Waals surface area contributed by atoms with Gasteiger partial charge in [-0.05, 0) is 18.2 Å². The summed E-state index contributed by atoms with van der Waals surface area (Å²) in [5, 5.41) is 8.08. The van der Waals surface area contributed by atoms with E-state index in [2.05, 4.69) is 4.74 Å². The summed E-state index contributed by atoms with van der Waals surface area (Å²) in [5.41, 5.74) is -0.939. The van der Waals surface area contributed by atoms with E-state index in [0.717, 1.165) is 24.3 Å². The van der Waals surface area contributed by atoms with Crippen molar-refractivity contribution < 1.29 is 22.7 Å². The number of benzene rings is 1. The molecule has 0 bridgehead atoms. The van der Waals surface area contributed by atoms with Crippen LogP contribution in [-0.4, -0.2) is 5.97 Å². The van der Waals surface area contributed by atoms with Gasteiger partial charge in [0.05, 0.1) is 5.56 Å². The average Bonchev–Trinajstić information content (AvgIpc) is 2.17. The predicted molar refractivity (Wildman–Crippen MR) is 42.7 cm³/mol. The summed E-state index contributed by atoms with van der Waals surface area (Å²) in [6.07, 6.45) is -4.50. The molecule has 1 aromatic carbocycles. The van der Waals surface area contributed by atoms with E-state index in [9.17, 15) is 18.0 Å². The minimum atomic E-state index is -4.50. The van der Waals surface area contributed by atoms with Crippen LogP contribution in [0.1, 0.15) is 5.56 Å². The predicted octanol–water partition coefficient (Wildman–Crippen LogP) is 2.13. The van der Waals surface area contributed by atoms with E-state index in [4.69, 9.17) is 5.26 Å². The van der Waals surface area contributed by atoms with Crippen molar-refractivity contribution in [2.75, 3.05) is 0 Å². The van der Waals surface area contributed by atoms with Gasteiger partial charge in [-0.2, -0.15) is 18.4 Å². The molecule has 3 nitrogen and oxygen atoms in total. The summed E-state index contributed by atoms with van der Waals surface area (Å²) in [5.74, 6) is -1.56. The van der Waals surface area contributed by atoms with Crippen LogP contribution in [-0.2, 0) is 11.0 Å². The van der Waals surface area contributed by atoms with E-state index in [1.54, 1.807) is 0 Å².